The van der Waals surface area contributed by atoms with Gasteiger partial charge in [-0.15, -0.1) is 11.3 Å². The fourth-order valence-electron chi connectivity index (χ4n) is 5.36. The number of nitrogens with zero attached hydrogens (tertiary/aromatic N) is 2. The Morgan fingerprint density at radius 1 is 0.962 bits per heavy atom. The van der Waals surface area contributed by atoms with Gasteiger partial charge in [0.15, 0.2) is 6.10 Å². The summed E-state index contributed by atoms with van der Waals surface area (Å²) < 4.78 is 61.6. The zero-order valence-corrected chi connectivity index (χ0v) is 33.4. The standard InChI is InChI=1S/C38H41N5O6S4/c1-7-31(49-32-19-16-24(3)20-28(32)38(4,5)8-2)36(44)40-29-14-9-10-15-33(29)50-35(23-39)37-41-30-18-17-27(22-34(30)51-37)53(47,48)43-26-13-11-12-25(21-26)42-52(6,45)46/h9-22,31,35,42-43H,7-8H2,1-6H3,(H,40,44). The van der Waals surface area contributed by atoms with Crippen LogP contribution in [-0.2, 0) is 30.3 Å². The predicted octanol–water partition coefficient (Wildman–Crippen LogP) is 8.62. The van der Waals surface area contributed by atoms with Gasteiger partial charge < -0.3 is 10.1 Å². The summed E-state index contributed by atoms with van der Waals surface area (Å²) in [6, 6.07) is 25.9. The van der Waals surface area contributed by atoms with Crippen molar-refractivity contribution in [3.05, 3.63) is 101 Å². The molecule has 0 saturated heterocycles. The summed E-state index contributed by atoms with van der Waals surface area (Å²) in [7, 11) is -7.61. The lowest BCUT2D eigenvalue weighted by Crippen LogP contribution is -2.33. The molecule has 1 heterocycles. The quantitative estimate of drug-likeness (QED) is 0.0880. The molecule has 2 unspecified atom stereocenters. The monoisotopic (exact) mass is 791 g/mol. The number of para-hydroxylation sites is 1. The third-order valence-corrected chi connectivity index (χ3v) is 12.9. The first-order valence-electron chi connectivity index (χ1n) is 16.8. The first-order valence-corrected chi connectivity index (χ1v) is 21.8. The SMILES string of the molecule is CCC(Oc1ccc(C)cc1C(C)(C)CC)C(=O)Nc1ccccc1SC(C#N)c1nc2ccc(S(=O)(=O)Nc3cccc(NS(C)(=O)=O)c3)cc2s1. The van der Waals surface area contributed by atoms with Gasteiger partial charge in [0.25, 0.3) is 15.9 Å². The molecule has 5 aromatic rings. The van der Waals surface area contributed by atoms with E-state index in [4.69, 9.17) is 4.74 Å². The van der Waals surface area contributed by atoms with Gasteiger partial charge in [-0.1, -0.05) is 75.4 Å². The Morgan fingerprint density at radius 3 is 2.36 bits per heavy atom. The molecule has 3 N–H and O–H groups in total. The molecule has 4 aromatic carbocycles. The van der Waals surface area contributed by atoms with E-state index in [0.717, 1.165) is 23.8 Å². The van der Waals surface area contributed by atoms with Crippen molar-refractivity contribution in [3.8, 4) is 11.8 Å². The number of rotatable bonds is 15. The van der Waals surface area contributed by atoms with Crippen LogP contribution in [0.5, 0.6) is 5.75 Å². The number of carbonyl (C=O) groups excluding carboxylic acids is 1. The summed E-state index contributed by atoms with van der Waals surface area (Å²) in [5, 5.41) is 13.0. The topological polar surface area (TPSA) is 167 Å². The highest BCUT2D eigenvalue weighted by Crippen LogP contribution is 2.42. The normalized spacial score (nSPS) is 13.2. The zero-order valence-electron chi connectivity index (χ0n) is 30.1. The maximum Gasteiger partial charge on any atom is 0.265 e. The van der Waals surface area contributed by atoms with Crippen LogP contribution in [0.4, 0.5) is 17.1 Å². The number of thioether (sulfide) groups is 1. The summed E-state index contributed by atoms with van der Waals surface area (Å²) in [5.41, 5.74) is 3.45. The molecular formula is C38H41N5O6S4. The largest absolute Gasteiger partial charge is 0.480 e. The van der Waals surface area contributed by atoms with Gasteiger partial charge in [-0.3, -0.25) is 14.2 Å². The molecule has 0 spiro atoms. The van der Waals surface area contributed by atoms with E-state index in [9.17, 15) is 26.9 Å². The average molecular weight is 792 g/mol. The van der Waals surface area contributed by atoms with Crippen LogP contribution in [0.1, 0.15) is 61.9 Å². The molecule has 0 aliphatic heterocycles. The van der Waals surface area contributed by atoms with E-state index in [0.29, 0.717) is 38.0 Å². The van der Waals surface area contributed by atoms with Crippen molar-refractivity contribution in [2.24, 2.45) is 0 Å². The molecule has 1 amide bonds. The number of amides is 1. The van der Waals surface area contributed by atoms with Crippen molar-refractivity contribution < 1.29 is 26.4 Å². The summed E-state index contributed by atoms with van der Waals surface area (Å²) in [6.07, 6.45) is 1.58. The zero-order chi connectivity index (χ0) is 38.6. The lowest BCUT2D eigenvalue weighted by molar-refractivity contribution is -0.122. The highest BCUT2D eigenvalue weighted by molar-refractivity contribution is 8.00. The van der Waals surface area contributed by atoms with Gasteiger partial charge in [-0.05, 0) is 79.8 Å². The van der Waals surface area contributed by atoms with Gasteiger partial charge in [0.1, 0.15) is 16.0 Å². The molecule has 0 saturated carbocycles. The fourth-order valence-corrected chi connectivity index (χ4v) is 9.15. The van der Waals surface area contributed by atoms with Crippen molar-refractivity contribution in [1.29, 1.82) is 5.26 Å². The number of nitriles is 1. The van der Waals surface area contributed by atoms with Crippen LogP contribution in [0.15, 0.2) is 94.7 Å². The second-order valence-corrected chi connectivity index (χ2v) is 18.7. The number of benzene rings is 4. The van der Waals surface area contributed by atoms with Crippen LogP contribution >= 0.6 is 23.1 Å². The molecule has 0 aliphatic carbocycles. The minimum absolute atomic E-state index is 0.0281. The van der Waals surface area contributed by atoms with Gasteiger partial charge in [-0.2, -0.15) is 5.26 Å². The molecular weight excluding hydrogens is 751 g/mol. The van der Waals surface area contributed by atoms with Crippen LogP contribution in [-0.4, -0.2) is 40.1 Å². The maximum atomic E-state index is 13.6. The van der Waals surface area contributed by atoms with E-state index >= 15 is 0 Å². The summed E-state index contributed by atoms with van der Waals surface area (Å²) in [6.45, 7) is 10.4. The van der Waals surface area contributed by atoms with E-state index in [1.807, 2.05) is 38.1 Å². The number of thiazole rings is 1. The fraction of sp³-hybridized carbons (Fsp3) is 0.289. The molecule has 1 aromatic heterocycles. The van der Waals surface area contributed by atoms with E-state index in [1.165, 1.54) is 59.5 Å². The van der Waals surface area contributed by atoms with Crippen LogP contribution in [0.3, 0.4) is 0 Å². The Labute approximate surface area is 319 Å². The Bertz CT molecular complexity index is 2410. The number of aromatic nitrogens is 1. The second kappa shape index (κ2) is 16.2. The average Bonchev–Trinajstić information content (AvgIpc) is 3.53. The second-order valence-electron chi connectivity index (χ2n) is 13.1. The lowest BCUT2D eigenvalue weighted by atomic mass is 9.81. The summed E-state index contributed by atoms with van der Waals surface area (Å²) >= 11 is 2.43. The molecule has 0 fully saturated rings. The van der Waals surface area contributed by atoms with Crippen molar-refractivity contribution in [2.45, 2.75) is 74.0 Å². The Morgan fingerprint density at radius 2 is 1.68 bits per heavy atom. The summed E-state index contributed by atoms with van der Waals surface area (Å²) in [5.74, 6) is 0.367. The van der Waals surface area contributed by atoms with Gasteiger partial charge in [0.05, 0.1) is 44.5 Å². The molecule has 11 nitrogen and oxygen atoms in total. The molecule has 53 heavy (non-hydrogen) atoms. The predicted molar refractivity (Wildman–Crippen MR) is 214 cm³/mol. The number of fused-ring (bicyclic) bond motifs is 1. The highest BCUT2D eigenvalue weighted by atomic mass is 32.2. The third-order valence-electron chi connectivity index (χ3n) is 8.52. The molecule has 5 rings (SSSR count). The number of carbonyl (C=O) groups is 1. The van der Waals surface area contributed by atoms with Gasteiger partial charge in [0, 0.05) is 10.5 Å². The van der Waals surface area contributed by atoms with Gasteiger partial charge in [-0.25, -0.2) is 21.8 Å². The van der Waals surface area contributed by atoms with Crippen molar-refractivity contribution in [2.75, 3.05) is 21.0 Å². The number of nitrogens with one attached hydrogen (secondary N) is 3. The van der Waals surface area contributed by atoms with Crippen molar-refractivity contribution in [3.63, 3.8) is 0 Å². The number of hydrogen-bond acceptors (Lipinski definition) is 10. The molecule has 278 valence electrons. The molecule has 15 heteroatoms. The number of sulfonamides is 2. The van der Waals surface area contributed by atoms with Gasteiger partial charge >= 0.3 is 0 Å². The smallest absolute Gasteiger partial charge is 0.265 e. The third kappa shape index (κ3) is 9.88. The van der Waals surface area contributed by atoms with E-state index in [2.05, 4.69) is 52.7 Å². The Kier molecular flexibility index (Phi) is 12.1. The van der Waals surface area contributed by atoms with Crippen LogP contribution in [0, 0.1) is 18.3 Å². The molecule has 0 aliphatic rings. The lowest BCUT2D eigenvalue weighted by Gasteiger charge is -2.28. The number of ether oxygens (including phenoxy) is 1. The molecule has 2 atom stereocenters. The Balaban J connectivity index is 1.33. The van der Waals surface area contributed by atoms with Gasteiger partial charge in [0.2, 0.25) is 10.0 Å². The van der Waals surface area contributed by atoms with Crippen LogP contribution in [0.25, 0.3) is 10.2 Å². The number of aryl methyl sites for hydroxylation is 1. The molecule has 0 bridgehead atoms. The Hall–Kier alpha value is -4.62. The van der Waals surface area contributed by atoms with Crippen molar-refractivity contribution in [1.82, 2.24) is 4.98 Å². The van der Waals surface area contributed by atoms with Crippen molar-refractivity contribution >= 4 is 76.3 Å². The van der Waals surface area contributed by atoms with Crippen LogP contribution in [0.2, 0.25) is 0 Å². The number of anilines is 3. The highest BCUT2D eigenvalue weighted by Gasteiger charge is 2.27. The molecule has 0 radical (unpaired) electrons. The van der Waals surface area contributed by atoms with E-state index < -0.39 is 31.4 Å². The minimum atomic E-state index is -4.06. The minimum Gasteiger partial charge on any atom is -0.480 e. The van der Waals surface area contributed by atoms with E-state index in [1.54, 1.807) is 18.2 Å². The number of hydrogen-bond donors (Lipinski definition) is 3. The maximum absolute atomic E-state index is 13.6. The summed E-state index contributed by atoms with van der Waals surface area (Å²) in [4.78, 5) is 18.9. The first kappa shape index (κ1) is 39.6. The first-order chi connectivity index (χ1) is 25.0. The van der Waals surface area contributed by atoms with E-state index in [-0.39, 0.29) is 27.6 Å². The van der Waals surface area contributed by atoms with Crippen LogP contribution < -0.4 is 19.5 Å².